The second kappa shape index (κ2) is 7.62. The van der Waals surface area contributed by atoms with E-state index in [2.05, 4.69) is 20.4 Å². The van der Waals surface area contributed by atoms with Crippen LogP contribution in [-0.2, 0) is 16.4 Å². The van der Waals surface area contributed by atoms with Crippen LogP contribution in [0, 0.1) is 0 Å². The van der Waals surface area contributed by atoms with Crippen molar-refractivity contribution in [3.63, 3.8) is 0 Å². The van der Waals surface area contributed by atoms with Crippen LogP contribution in [0.15, 0.2) is 27.9 Å². The molecule has 1 atom stereocenters. The number of hydrogen-bond donors (Lipinski definition) is 1. The summed E-state index contributed by atoms with van der Waals surface area (Å²) in [5, 5.41) is 15.2. The number of benzene rings is 1. The Morgan fingerprint density at radius 1 is 1.36 bits per heavy atom. The maximum absolute atomic E-state index is 13.0. The van der Waals surface area contributed by atoms with E-state index >= 15 is 0 Å². The standard InChI is InChI=1S/C15H17F3N6O2S2/c1-3-24-9(2)4-5-10-12(24)7-6-11(20-22-14-21-19-8-27-14)13(10)23-28(25,26)15(16,17)18/h6-9,23H,3-5H2,1-2H3. The molecular weight excluding hydrogens is 417 g/mol. The number of nitrogens with one attached hydrogen (secondary N) is 1. The number of alkyl halides is 3. The highest BCUT2D eigenvalue weighted by Crippen LogP contribution is 2.43. The van der Waals surface area contributed by atoms with E-state index in [1.165, 1.54) is 11.6 Å². The fourth-order valence-electron chi connectivity index (χ4n) is 3.07. The molecule has 0 radical (unpaired) electrons. The molecule has 0 spiro atoms. The molecule has 3 rings (SSSR count). The van der Waals surface area contributed by atoms with Crippen molar-refractivity contribution in [2.45, 2.75) is 38.2 Å². The van der Waals surface area contributed by atoms with E-state index in [0.29, 0.717) is 30.6 Å². The summed E-state index contributed by atoms with van der Waals surface area (Å²) < 4.78 is 64.1. The Bertz CT molecular complexity index is 976. The monoisotopic (exact) mass is 434 g/mol. The van der Waals surface area contributed by atoms with E-state index in [-0.39, 0.29) is 22.5 Å². The number of aromatic nitrogens is 2. The molecule has 0 saturated carbocycles. The topological polar surface area (TPSA) is 99.9 Å². The van der Waals surface area contributed by atoms with Crippen LogP contribution in [0.25, 0.3) is 0 Å². The molecule has 2 heterocycles. The summed E-state index contributed by atoms with van der Waals surface area (Å²) in [5.74, 6) is 0. The summed E-state index contributed by atoms with van der Waals surface area (Å²) in [7, 11) is -5.61. The highest BCUT2D eigenvalue weighted by Gasteiger charge is 2.47. The number of sulfonamides is 1. The second-order valence-electron chi connectivity index (χ2n) is 6.10. The van der Waals surface area contributed by atoms with Crippen molar-refractivity contribution < 1.29 is 21.6 Å². The first kappa shape index (κ1) is 20.5. The Balaban J connectivity index is 2.12. The third-order valence-electron chi connectivity index (χ3n) is 4.39. The minimum atomic E-state index is -5.61. The molecule has 0 aliphatic carbocycles. The maximum Gasteiger partial charge on any atom is 0.516 e. The number of nitrogens with zero attached hydrogens (tertiary/aromatic N) is 5. The van der Waals surface area contributed by atoms with Gasteiger partial charge in [-0.3, -0.25) is 4.72 Å². The smallest absolute Gasteiger partial charge is 0.369 e. The molecule has 13 heteroatoms. The summed E-state index contributed by atoms with van der Waals surface area (Å²) in [6.45, 7) is 4.56. The molecule has 1 aliphatic rings. The number of rotatable bonds is 5. The molecule has 1 aromatic carbocycles. The number of anilines is 2. The predicted molar refractivity (Wildman–Crippen MR) is 99.9 cm³/mol. The minimum Gasteiger partial charge on any atom is -0.369 e. The van der Waals surface area contributed by atoms with Gasteiger partial charge in [0.15, 0.2) is 0 Å². The Morgan fingerprint density at radius 2 is 2.11 bits per heavy atom. The van der Waals surface area contributed by atoms with E-state index in [0.717, 1.165) is 11.3 Å². The maximum atomic E-state index is 13.0. The zero-order valence-corrected chi connectivity index (χ0v) is 16.6. The lowest BCUT2D eigenvalue weighted by Crippen LogP contribution is -2.38. The van der Waals surface area contributed by atoms with Crippen molar-refractivity contribution in [1.82, 2.24) is 10.2 Å². The molecule has 28 heavy (non-hydrogen) atoms. The SMILES string of the molecule is CCN1c2ccc(N=Nc3nncs3)c(NS(=O)(=O)C(F)(F)F)c2CCC1C. The van der Waals surface area contributed by atoms with Crippen LogP contribution in [0.3, 0.4) is 0 Å². The van der Waals surface area contributed by atoms with Gasteiger partial charge in [0.05, 0.1) is 5.69 Å². The largest absolute Gasteiger partial charge is 0.516 e. The fraction of sp³-hybridized carbons (Fsp3) is 0.467. The summed E-state index contributed by atoms with van der Waals surface area (Å²) in [6, 6.07) is 3.34. The average Bonchev–Trinajstić information content (AvgIpc) is 3.13. The van der Waals surface area contributed by atoms with E-state index in [1.807, 2.05) is 18.7 Å². The van der Waals surface area contributed by atoms with Crippen LogP contribution < -0.4 is 9.62 Å². The van der Waals surface area contributed by atoms with Gasteiger partial charge in [-0.05, 0) is 38.8 Å². The highest BCUT2D eigenvalue weighted by atomic mass is 32.2. The van der Waals surface area contributed by atoms with Crippen molar-refractivity contribution in [1.29, 1.82) is 0 Å². The van der Waals surface area contributed by atoms with Gasteiger partial charge in [-0.2, -0.15) is 21.6 Å². The van der Waals surface area contributed by atoms with Crippen LogP contribution in [0.1, 0.15) is 25.8 Å². The fourth-order valence-corrected chi connectivity index (χ4v) is 4.06. The number of halogens is 3. The van der Waals surface area contributed by atoms with Gasteiger partial charge in [0.1, 0.15) is 11.2 Å². The van der Waals surface area contributed by atoms with Gasteiger partial charge < -0.3 is 4.90 Å². The summed E-state index contributed by atoms with van der Waals surface area (Å²) >= 11 is 1.09. The van der Waals surface area contributed by atoms with E-state index < -0.39 is 15.5 Å². The quantitative estimate of drug-likeness (QED) is 0.704. The molecule has 1 aromatic heterocycles. The molecule has 1 aliphatic heterocycles. The number of hydrogen-bond acceptors (Lipinski definition) is 8. The minimum absolute atomic E-state index is 0.0209. The Morgan fingerprint density at radius 3 is 2.71 bits per heavy atom. The van der Waals surface area contributed by atoms with Crippen LogP contribution in [0.2, 0.25) is 0 Å². The van der Waals surface area contributed by atoms with E-state index in [1.54, 1.807) is 10.8 Å². The van der Waals surface area contributed by atoms with Gasteiger partial charge in [0.25, 0.3) is 5.13 Å². The zero-order valence-electron chi connectivity index (χ0n) is 14.9. The molecule has 2 aromatic rings. The lowest BCUT2D eigenvalue weighted by atomic mass is 9.94. The van der Waals surface area contributed by atoms with Crippen LogP contribution >= 0.6 is 11.3 Å². The first-order valence-electron chi connectivity index (χ1n) is 8.33. The third kappa shape index (κ3) is 3.94. The molecule has 0 saturated heterocycles. The van der Waals surface area contributed by atoms with Gasteiger partial charge in [-0.1, -0.05) is 11.3 Å². The van der Waals surface area contributed by atoms with Gasteiger partial charge in [-0.25, -0.2) is 0 Å². The molecule has 1 N–H and O–H groups in total. The van der Waals surface area contributed by atoms with Gasteiger partial charge >= 0.3 is 15.5 Å². The molecule has 0 amide bonds. The van der Waals surface area contributed by atoms with E-state index in [9.17, 15) is 21.6 Å². The lowest BCUT2D eigenvalue weighted by molar-refractivity contribution is -0.0429. The first-order valence-corrected chi connectivity index (χ1v) is 10.7. The zero-order chi connectivity index (χ0) is 20.5. The molecular formula is C15H17F3N6O2S2. The van der Waals surface area contributed by atoms with Gasteiger partial charge in [0, 0.05) is 23.8 Å². The first-order chi connectivity index (χ1) is 13.1. The molecule has 152 valence electrons. The molecule has 0 fully saturated rings. The predicted octanol–water partition coefficient (Wildman–Crippen LogP) is 4.38. The van der Waals surface area contributed by atoms with Gasteiger partial charge in [-0.15, -0.1) is 20.4 Å². The van der Waals surface area contributed by atoms with Crippen molar-refractivity contribution in [2.75, 3.05) is 16.2 Å². The Kier molecular flexibility index (Phi) is 5.57. The van der Waals surface area contributed by atoms with Crippen LogP contribution in [0.4, 0.5) is 35.4 Å². The molecule has 1 unspecified atom stereocenters. The van der Waals surface area contributed by atoms with Crippen molar-refractivity contribution in [3.05, 3.63) is 23.2 Å². The summed E-state index contributed by atoms with van der Waals surface area (Å²) in [5.41, 5.74) is -3.12. The third-order valence-corrected chi connectivity index (χ3v) is 6.05. The summed E-state index contributed by atoms with van der Waals surface area (Å²) in [6.07, 6.45) is 1.07. The second-order valence-corrected chi connectivity index (χ2v) is 8.59. The Hall–Kier alpha value is -2.28. The number of azo groups is 1. The highest BCUT2D eigenvalue weighted by molar-refractivity contribution is 7.93. The van der Waals surface area contributed by atoms with Crippen molar-refractivity contribution in [2.24, 2.45) is 10.2 Å². The lowest BCUT2D eigenvalue weighted by Gasteiger charge is -2.37. The summed E-state index contributed by atoms with van der Waals surface area (Å²) in [4.78, 5) is 2.01. The van der Waals surface area contributed by atoms with Crippen LogP contribution in [-0.4, -0.2) is 36.7 Å². The molecule has 8 nitrogen and oxygen atoms in total. The normalized spacial score (nSPS) is 17.8. The van der Waals surface area contributed by atoms with Gasteiger partial charge in [0.2, 0.25) is 0 Å². The number of fused-ring (bicyclic) bond motifs is 1. The van der Waals surface area contributed by atoms with Crippen LogP contribution in [0.5, 0.6) is 0 Å². The van der Waals surface area contributed by atoms with Crippen molar-refractivity contribution in [3.8, 4) is 0 Å². The van der Waals surface area contributed by atoms with Crippen molar-refractivity contribution >= 4 is 43.6 Å². The van der Waals surface area contributed by atoms with E-state index in [4.69, 9.17) is 0 Å². The average molecular weight is 434 g/mol. The Labute approximate surface area is 163 Å². The molecule has 0 bridgehead atoms.